The van der Waals surface area contributed by atoms with Crippen molar-refractivity contribution in [1.29, 1.82) is 0 Å². The van der Waals surface area contributed by atoms with E-state index >= 15 is 0 Å². The first-order valence-corrected chi connectivity index (χ1v) is 8.97. The Hall–Kier alpha value is -2.49. The van der Waals surface area contributed by atoms with Crippen molar-refractivity contribution in [3.63, 3.8) is 0 Å². The van der Waals surface area contributed by atoms with Gasteiger partial charge >= 0.3 is 0 Å². The summed E-state index contributed by atoms with van der Waals surface area (Å²) in [5.74, 6) is 0.614. The summed E-state index contributed by atoms with van der Waals surface area (Å²) in [4.78, 5) is 14.6. The number of amides is 1. The van der Waals surface area contributed by atoms with Gasteiger partial charge in [-0.2, -0.15) is 0 Å². The van der Waals surface area contributed by atoms with Crippen molar-refractivity contribution in [2.24, 2.45) is 0 Å². The Balaban J connectivity index is 1.49. The molecule has 1 fully saturated rings. The summed E-state index contributed by atoms with van der Waals surface area (Å²) < 4.78 is 5.71. The number of rotatable bonds is 6. The van der Waals surface area contributed by atoms with Crippen molar-refractivity contribution in [3.05, 3.63) is 59.7 Å². The number of benzene rings is 2. The number of aryl methyl sites for hydroxylation is 1. The van der Waals surface area contributed by atoms with Crippen LogP contribution < -0.4 is 15.0 Å². The summed E-state index contributed by atoms with van der Waals surface area (Å²) in [6, 6.07) is 16.2. The van der Waals surface area contributed by atoms with Gasteiger partial charge in [0.15, 0.2) is 6.10 Å². The smallest absolute Gasteiger partial charge is 0.261 e. The molecule has 1 aliphatic heterocycles. The zero-order valence-corrected chi connectivity index (χ0v) is 15.0. The molecule has 0 aromatic heterocycles. The van der Waals surface area contributed by atoms with E-state index in [-0.39, 0.29) is 5.91 Å². The lowest BCUT2D eigenvalue weighted by Crippen LogP contribution is -2.35. The van der Waals surface area contributed by atoms with Crippen molar-refractivity contribution in [3.8, 4) is 5.75 Å². The summed E-state index contributed by atoms with van der Waals surface area (Å²) >= 11 is 0. The number of hydrogen-bond acceptors (Lipinski definition) is 3. The Morgan fingerprint density at radius 3 is 2.56 bits per heavy atom. The molecule has 0 radical (unpaired) electrons. The molecule has 0 saturated carbocycles. The minimum Gasteiger partial charge on any atom is -0.481 e. The first kappa shape index (κ1) is 17.3. The highest BCUT2D eigenvalue weighted by Gasteiger charge is 2.15. The fourth-order valence-electron chi connectivity index (χ4n) is 3.08. The zero-order chi connectivity index (χ0) is 17.6. The summed E-state index contributed by atoms with van der Waals surface area (Å²) in [6.07, 6.45) is 2.03. The minimum absolute atomic E-state index is 0.106. The number of hydrogen-bond donors (Lipinski definition) is 1. The maximum absolute atomic E-state index is 12.2. The van der Waals surface area contributed by atoms with Crippen LogP contribution in [0.15, 0.2) is 48.5 Å². The molecule has 1 aliphatic rings. The molecule has 25 heavy (non-hydrogen) atoms. The van der Waals surface area contributed by atoms with Gasteiger partial charge in [0, 0.05) is 25.3 Å². The Kier molecular flexibility index (Phi) is 5.59. The van der Waals surface area contributed by atoms with Crippen LogP contribution in [0.3, 0.4) is 0 Å². The molecule has 1 amide bonds. The predicted molar refractivity (Wildman–Crippen MR) is 101 cm³/mol. The van der Waals surface area contributed by atoms with Crippen molar-refractivity contribution in [1.82, 2.24) is 5.32 Å². The molecule has 0 aliphatic carbocycles. The Morgan fingerprint density at radius 2 is 1.88 bits per heavy atom. The normalized spacial score (nSPS) is 15.0. The molecule has 4 nitrogen and oxygen atoms in total. The first-order valence-electron chi connectivity index (χ1n) is 8.97. The van der Waals surface area contributed by atoms with Crippen molar-refractivity contribution in [2.75, 3.05) is 18.0 Å². The highest BCUT2D eigenvalue weighted by Crippen LogP contribution is 2.20. The van der Waals surface area contributed by atoms with Crippen LogP contribution in [0.4, 0.5) is 5.69 Å². The third-order valence-electron chi connectivity index (χ3n) is 4.55. The molecule has 2 aromatic rings. The van der Waals surface area contributed by atoms with Gasteiger partial charge in [0.2, 0.25) is 0 Å². The second-order valence-electron chi connectivity index (χ2n) is 6.65. The summed E-state index contributed by atoms with van der Waals surface area (Å²) in [5.41, 5.74) is 3.48. The van der Waals surface area contributed by atoms with Crippen LogP contribution in [0.5, 0.6) is 5.75 Å². The van der Waals surface area contributed by atoms with E-state index in [0.29, 0.717) is 6.54 Å². The van der Waals surface area contributed by atoms with Crippen LogP contribution in [0.2, 0.25) is 0 Å². The molecule has 132 valence electrons. The molecule has 0 spiro atoms. The van der Waals surface area contributed by atoms with Gasteiger partial charge in [0.1, 0.15) is 5.75 Å². The molecule has 0 bridgehead atoms. The highest BCUT2D eigenvalue weighted by atomic mass is 16.5. The van der Waals surface area contributed by atoms with Gasteiger partial charge in [-0.25, -0.2) is 0 Å². The third-order valence-corrected chi connectivity index (χ3v) is 4.55. The Morgan fingerprint density at radius 1 is 1.16 bits per heavy atom. The number of nitrogens with one attached hydrogen (secondary N) is 1. The standard InChI is InChI=1S/C21H26N2O2/c1-16-6-5-7-20(14-16)25-17(2)21(24)22-15-18-8-10-19(11-9-18)23-12-3-4-13-23/h5-11,14,17H,3-4,12-13,15H2,1-2H3,(H,22,24). The van der Waals surface area contributed by atoms with Crippen LogP contribution in [0, 0.1) is 6.92 Å². The Labute approximate surface area is 149 Å². The van der Waals surface area contributed by atoms with E-state index in [9.17, 15) is 4.79 Å². The zero-order valence-electron chi connectivity index (χ0n) is 15.0. The lowest BCUT2D eigenvalue weighted by Gasteiger charge is -2.18. The van der Waals surface area contributed by atoms with Crippen molar-refractivity contribution in [2.45, 2.75) is 39.3 Å². The lowest BCUT2D eigenvalue weighted by molar-refractivity contribution is -0.127. The molecule has 3 rings (SSSR count). The van der Waals surface area contributed by atoms with Crippen LogP contribution >= 0.6 is 0 Å². The van der Waals surface area contributed by atoms with Crippen molar-refractivity contribution < 1.29 is 9.53 Å². The fourth-order valence-corrected chi connectivity index (χ4v) is 3.08. The van der Waals surface area contributed by atoms with E-state index in [1.807, 2.05) is 31.2 Å². The SMILES string of the molecule is Cc1cccc(OC(C)C(=O)NCc2ccc(N3CCCC3)cc2)c1. The summed E-state index contributed by atoms with van der Waals surface area (Å²) in [6.45, 7) is 6.58. The highest BCUT2D eigenvalue weighted by molar-refractivity contribution is 5.80. The maximum atomic E-state index is 12.2. The second-order valence-corrected chi connectivity index (χ2v) is 6.65. The molecule has 4 heteroatoms. The average molecular weight is 338 g/mol. The van der Waals surface area contributed by atoms with Crippen LogP contribution in [-0.4, -0.2) is 25.1 Å². The minimum atomic E-state index is -0.523. The third kappa shape index (κ3) is 4.75. The number of ether oxygens (including phenoxy) is 1. The van der Waals surface area contributed by atoms with Crippen LogP contribution in [0.25, 0.3) is 0 Å². The quantitative estimate of drug-likeness (QED) is 0.873. The van der Waals surface area contributed by atoms with Gasteiger partial charge in [0.05, 0.1) is 0 Å². The number of carbonyl (C=O) groups excluding carboxylic acids is 1. The van der Waals surface area contributed by atoms with Gasteiger partial charge in [-0.1, -0.05) is 24.3 Å². The van der Waals surface area contributed by atoms with Crippen LogP contribution in [-0.2, 0) is 11.3 Å². The van der Waals surface area contributed by atoms with E-state index in [4.69, 9.17) is 4.74 Å². The van der Waals surface area contributed by atoms with Crippen LogP contribution in [0.1, 0.15) is 30.9 Å². The summed E-state index contributed by atoms with van der Waals surface area (Å²) in [7, 11) is 0. The lowest BCUT2D eigenvalue weighted by atomic mass is 10.2. The molecule has 1 atom stereocenters. The van der Waals surface area contributed by atoms with Gasteiger partial charge in [-0.3, -0.25) is 4.79 Å². The van der Waals surface area contributed by atoms with Gasteiger partial charge in [-0.05, 0) is 62.1 Å². The number of carbonyl (C=O) groups is 1. The maximum Gasteiger partial charge on any atom is 0.261 e. The molecule has 1 heterocycles. The predicted octanol–water partition coefficient (Wildman–Crippen LogP) is 3.68. The van der Waals surface area contributed by atoms with Gasteiger partial charge in [0.25, 0.3) is 5.91 Å². The molecular weight excluding hydrogens is 312 g/mol. The second kappa shape index (κ2) is 8.06. The average Bonchev–Trinajstić information content (AvgIpc) is 3.14. The molecular formula is C21H26N2O2. The monoisotopic (exact) mass is 338 g/mol. The number of nitrogens with zero attached hydrogens (tertiary/aromatic N) is 1. The fraction of sp³-hybridized carbons (Fsp3) is 0.381. The van der Waals surface area contributed by atoms with E-state index < -0.39 is 6.10 Å². The van der Waals surface area contributed by atoms with E-state index in [1.54, 1.807) is 6.92 Å². The molecule has 2 aromatic carbocycles. The largest absolute Gasteiger partial charge is 0.481 e. The van der Waals surface area contributed by atoms with E-state index in [2.05, 4.69) is 34.5 Å². The van der Waals surface area contributed by atoms with Gasteiger partial charge in [-0.15, -0.1) is 0 Å². The topological polar surface area (TPSA) is 41.6 Å². The van der Waals surface area contributed by atoms with E-state index in [1.165, 1.54) is 18.5 Å². The van der Waals surface area contributed by atoms with E-state index in [0.717, 1.165) is 30.0 Å². The molecule has 1 N–H and O–H groups in total. The first-order chi connectivity index (χ1) is 12.1. The summed E-state index contributed by atoms with van der Waals surface area (Å²) in [5, 5.41) is 2.95. The van der Waals surface area contributed by atoms with Crippen molar-refractivity contribution >= 4 is 11.6 Å². The Bertz CT molecular complexity index is 706. The molecule has 1 saturated heterocycles. The van der Waals surface area contributed by atoms with Gasteiger partial charge < -0.3 is 15.0 Å². The number of anilines is 1. The molecule has 1 unspecified atom stereocenters.